The fraction of sp³-hybridized carbons (Fsp3) is 0.286. The maximum absolute atomic E-state index is 14.6. The number of benzene rings is 3. The fourth-order valence-electron chi connectivity index (χ4n) is 5.70. The minimum absolute atomic E-state index is 0.123. The Morgan fingerprint density at radius 3 is 2.64 bits per heavy atom. The number of nitrogens with zero attached hydrogens (tertiary/aromatic N) is 2. The number of nitriles is 1. The van der Waals surface area contributed by atoms with Crippen molar-refractivity contribution in [1.29, 1.82) is 5.26 Å². The molecule has 5 heteroatoms. The Balaban J connectivity index is 1.30. The van der Waals surface area contributed by atoms with Gasteiger partial charge in [-0.1, -0.05) is 24.6 Å². The number of carbonyl (C=O) groups excluding carboxylic acids is 1. The van der Waals surface area contributed by atoms with E-state index in [9.17, 15) is 9.18 Å². The van der Waals surface area contributed by atoms with Gasteiger partial charge in [-0.15, -0.1) is 0 Å². The molecular weight excluding hydrogens is 413 g/mol. The third kappa shape index (κ3) is 3.38. The lowest BCUT2D eigenvalue weighted by Crippen LogP contribution is -2.53. The van der Waals surface area contributed by atoms with Crippen molar-refractivity contribution in [2.45, 2.75) is 44.7 Å². The molecular formula is C28H24FN3O. The second-order valence-corrected chi connectivity index (χ2v) is 9.74. The van der Waals surface area contributed by atoms with Gasteiger partial charge >= 0.3 is 0 Å². The minimum Gasteiger partial charge on any atom is -0.349 e. The Morgan fingerprint density at radius 1 is 1.09 bits per heavy atom. The van der Waals surface area contributed by atoms with E-state index >= 15 is 0 Å². The van der Waals surface area contributed by atoms with Crippen LogP contribution in [0.5, 0.6) is 0 Å². The van der Waals surface area contributed by atoms with Gasteiger partial charge in [-0.2, -0.15) is 5.26 Å². The van der Waals surface area contributed by atoms with Crippen molar-refractivity contribution in [3.63, 3.8) is 0 Å². The lowest BCUT2D eigenvalue weighted by atomic mass is 9.54. The summed E-state index contributed by atoms with van der Waals surface area (Å²) in [6.07, 6.45) is 7.85. The summed E-state index contributed by atoms with van der Waals surface area (Å²) in [4.78, 5) is 13.2. The van der Waals surface area contributed by atoms with Crippen LogP contribution in [0, 0.1) is 22.6 Å². The quantitative estimate of drug-likeness (QED) is 0.431. The molecule has 2 aliphatic rings. The maximum Gasteiger partial charge on any atom is 0.253 e. The van der Waals surface area contributed by atoms with Gasteiger partial charge in [0, 0.05) is 24.2 Å². The first-order valence-corrected chi connectivity index (χ1v) is 11.5. The van der Waals surface area contributed by atoms with Gasteiger partial charge in [0.15, 0.2) is 0 Å². The van der Waals surface area contributed by atoms with Gasteiger partial charge in [-0.3, -0.25) is 4.79 Å². The number of fused-ring (bicyclic) bond motifs is 2. The summed E-state index contributed by atoms with van der Waals surface area (Å²) in [6.45, 7) is 0.524. The number of hydrogen-bond acceptors (Lipinski definition) is 2. The van der Waals surface area contributed by atoms with E-state index in [-0.39, 0.29) is 17.8 Å². The molecule has 1 N–H and O–H groups in total. The molecule has 164 valence electrons. The predicted octanol–water partition coefficient (Wildman–Crippen LogP) is 5.92. The van der Waals surface area contributed by atoms with E-state index in [4.69, 9.17) is 5.26 Å². The van der Waals surface area contributed by atoms with Gasteiger partial charge in [0.05, 0.1) is 22.7 Å². The van der Waals surface area contributed by atoms with Crippen LogP contribution in [-0.4, -0.2) is 16.5 Å². The van der Waals surface area contributed by atoms with Gasteiger partial charge < -0.3 is 9.88 Å². The highest BCUT2D eigenvalue weighted by atomic mass is 19.1. The molecule has 4 aromatic rings. The largest absolute Gasteiger partial charge is 0.349 e. The fourth-order valence-corrected chi connectivity index (χ4v) is 5.70. The Hall–Kier alpha value is -3.65. The summed E-state index contributed by atoms with van der Waals surface area (Å²) in [5, 5.41) is 14.8. The molecule has 4 nitrogen and oxygen atoms in total. The minimum atomic E-state index is -0.320. The molecule has 0 radical (unpaired) electrons. The topological polar surface area (TPSA) is 57.8 Å². The number of nitrogens with one attached hydrogen (secondary N) is 1. The molecule has 3 aromatic carbocycles. The molecule has 33 heavy (non-hydrogen) atoms. The number of aromatic nitrogens is 1. The summed E-state index contributed by atoms with van der Waals surface area (Å²) >= 11 is 0. The zero-order chi connectivity index (χ0) is 22.6. The zero-order valence-corrected chi connectivity index (χ0v) is 18.3. The molecule has 1 heterocycles. The van der Waals surface area contributed by atoms with Gasteiger partial charge in [-0.25, -0.2) is 4.39 Å². The molecule has 2 fully saturated rings. The molecule has 1 aromatic heterocycles. The number of halogens is 1. The van der Waals surface area contributed by atoms with Crippen LogP contribution in [0.3, 0.4) is 0 Å². The van der Waals surface area contributed by atoms with Crippen molar-refractivity contribution < 1.29 is 9.18 Å². The average molecular weight is 438 g/mol. The number of carbonyl (C=O) groups is 1. The van der Waals surface area contributed by atoms with Crippen molar-refractivity contribution >= 4 is 27.6 Å². The van der Waals surface area contributed by atoms with Gasteiger partial charge in [0.2, 0.25) is 0 Å². The lowest BCUT2D eigenvalue weighted by Gasteiger charge is -2.54. The molecule has 6 rings (SSSR count). The van der Waals surface area contributed by atoms with Crippen molar-refractivity contribution in [2.24, 2.45) is 5.41 Å². The number of amides is 1. The average Bonchev–Trinajstić information content (AvgIpc) is 3.19. The maximum atomic E-state index is 14.6. The molecule has 1 amide bonds. The van der Waals surface area contributed by atoms with Crippen LogP contribution >= 0.6 is 0 Å². The van der Waals surface area contributed by atoms with E-state index in [1.54, 1.807) is 12.1 Å². The van der Waals surface area contributed by atoms with Crippen molar-refractivity contribution in [3.8, 4) is 6.07 Å². The van der Waals surface area contributed by atoms with Crippen LogP contribution in [0.1, 0.15) is 53.6 Å². The van der Waals surface area contributed by atoms with E-state index in [1.165, 1.54) is 25.3 Å². The van der Waals surface area contributed by atoms with Crippen molar-refractivity contribution in [3.05, 3.63) is 83.3 Å². The summed E-state index contributed by atoms with van der Waals surface area (Å²) in [5.74, 6) is -0.443. The van der Waals surface area contributed by atoms with E-state index in [2.05, 4.69) is 17.5 Å². The van der Waals surface area contributed by atoms with E-state index < -0.39 is 0 Å². The van der Waals surface area contributed by atoms with Gasteiger partial charge in [0.25, 0.3) is 5.91 Å². The third-order valence-corrected chi connectivity index (χ3v) is 7.61. The Kier molecular flexibility index (Phi) is 4.51. The zero-order valence-electron chi connectivity index (χ0n) is 18.3. The first-order chi connectivity index (χ1) is 16.0. The van der Waals surface area contributed by atoms with Crippen LogP contribution in [0.15, 0.2) is 60.8 Å². The SMILES string of the molecule is N#Cc1ccc2cc(Cn3ccc4c(F)ccc(C(=O)NC5CC6(CCC6)C5)c43)ccc2c1. The molecule has 0 unspecified atom stereocenters. The van der Waals surface area contributed by atoms with Crippen molar-refractivity contribution in [2.75, 3.05) is 0 Å². The first kappa shape index (κ1) is 20.0. The Bertz CT molecular complexity index is 1450. The summed E-state index contributed by atoms with van der Waals surface area (Å²) in [5.41, 5.74) is 3.31. The monoisotopic (exact) mass is 437 g/mol. The van der Waals surface area contributed by atoms with Crippen molar-refractivity contribution in [1.82, 2.24) is 9.88 Å². The second kappa shape index (κ2) is 7.45. The number of hydrogen-bond donors (Lipinski definition) is 1. The predicted molar refractivity (Wildman–Crippen MR) is 126 cm³/mol. The summed E-state index contributed by atoms with van der Waals surface area (Å²) in [7, 11) is 0. The Labute approximate surface area is 191 Å². The van der Waals surface area contributed by atoms with E-state index in [1.807, 2.05) is 41.1 Å². The van der Waals surface area contributed by atoms with Crippen LogP contribution in [0.25, 0.3) is 21.7 Å². The Morgan fingerprint density at radius 2 is 1.88 bits per heavy atom. The molecule has 0 bridgehead atoms. The molecule has 0 aliphatic heterocycles. The summed E-state index contributed by atoms with van der Waals surface area (Å²) in [6, 6.07) is 18.8. The standard InChI is InChI=1S/C28H24FN3O/c29-25-7-6-24(27(33)31-22-14-28(15-22)9-1-10-28)26-23(25)8-11-32(26)17-19-3-5-20-12-18(16-30)2-4-21(20)13-19/h2-8,11-13,22H,1,9-10,14-15,17H2,(H,31,33). The smallest absolute Gasteiger partial charge is 0.253 e. The highest BCUT2D eigenvalue weighted by Gasteiger charge is 2.48. The van der Waals surface area contributed by atoms with E-state index in [0.717, 1.165) is 29.2 Å². The van der Waals surface area contributed by atoms with Crippen LogP contribution in [-0.2, 0) is 6.54 Å². The summed E-state index contributed by atoms with van der Waals surface area (Å²) < 4.78 is 16.5. The number of rotatable bonds is 4. The molecule has 2 aliphatic carbocycles. The van der Waals surface area contributed by atoms with Gasteiger partial charge in [0.1, 0.15) is 5.82 Å². The molecule has 0 atom stereocenters. The molecule has 0 saturated heterocycles. The highest BCUT2D eigenvalue weighted by molar-refractivity contribution is 6.06. The lowest BCUT2D eigenvalue weighted by molar-refractivity contribution is -0.000603. The molecule has 2 saturated carbocycles. The van der Waals surface area contributed by atoms with Gasteiger partial charge in [-0.05, 0) is 83.8 Å². The van der Waals surface area contributed by atoms with Crippen LogP contribution in [0.2, 0.25) is 0 Å². The van der Waals surface area contributed by atoms with E-state index in [0.29, 0.717) is 34.0 Å². The first-order valence-electron chi connectivity index (χ1n) is 11.5. The normalized spacial score (nSPS) is 17.0. The molecule has 1 spiro atoms. The third-order valence-electron chi connectivity index (χ3n) is 7.61. The van der Waals surface area contributed by atoms with Crippen LogP contribution < -0.4 is 5.32 Å². The highest BCUT2D eigenvalue weighted by Crippen LogP contribution is 2.55. The van der Waals surface area contributed by atoms with Crippen LogP contribution in [0.4, 0.5) is 4.39 Å². The second-order valence-electron chi connectivity index (χ2n) is 9.74.